The molecule has 3 heteroatoms. The van der Waals surface area contributed by atoms with E-state index in [0.29, 0.717) is 6.04 Å². The van der Waals surface area contributed by atoms with Crippen LogP contribution in [0.2, 0.25) is 0 Å². The molecule has 1 aliphatic carbocycles. The molecule has 1 heterocycles. The zero-order valence-electron chi connectivity index (χ0n) is 10.8. The van der Waals surface area contributed by atoms with E-state index < -0.39 is 0 Å². The molecule has 0 aliphatic heterocycles. The van der Waals surface area contributed by atoms with Gasteiger partial charge >= 0.3 is 0 Å². The topological polar surface area (TPSA) is 22.0 Å². The van der Waals surface area contributed by atoms with Crippen molar-refractivity contribution in [2.24, 2.45) is 0 Å². The quantitative estimate of drug-likeness (QED) is 0.603. The highest BCUT2D eigenvalue weighted by Crippen LogP contribution is 2.35. The number of ketones is 1. The van der Waals surface area contributed by atoms with E-state index >= 15 is 0 Å². The zero-order valence-corrected chi connectivity index (χ0v) is 12.4. The zero-order chi connectivity index (χ0) is 12.6. The van der Waals surface area contributed by atoms with E-state index in [4.69, 9.17) is 0 Å². The van der Waals surface area contributed by atoms with Crippen molar-refractivity contribution in [3.63, 3.8) is 0 Å². The Labute approximate surface area is 112 Å². The van der Waals surface area contributed by atoms with Crippen molar-refractivity contribution in [1.29, 1.82) is 0 Å². The Morgan fingerprint density at radius 3 is 2.65 bits per heavy atom. The number of carbonyl (C=O) groups excluding carboxylic acids is 1. The molecule has 0 N–H and O–H groups in total. The van der Waals surface area contributed by atoms with Crippen molar-refractivity contribution in [3.05, 3.63) is 23.0 Å². The Balaban J connectivity index is 2.33. The van der Waals surface area contributed by atoms with Gasteiger partial charge in [-0.2, -0.15) is 0 Å². The summed E-state index contributed by atoms with van der Waals surface area (Å²) in [6.45, 7) is 6.22. The van der Waals surface area contributed by atoms with Crippen LogP contribution in [0.1, 0.15) is 60.4 Å². The Hall–Kier alpha value is -0.570. The van der Waals surface area contributed by atoms with Crippen molar-refractivity contribution in [2.45, 2.75) is 57.3 Å². The molecule has 0 amide bonds. The molecule has 94 valence electrons. The molecule has 17 heavy (non-hydrogen) atoms. The molecule has 2 nitrogen and oxygen atoms in total. The van der Waals surface area contributed by atoms with Crippen LogP contribution in [0.15, 0.2) is 6.07 Å². The maximum absolute atomic E-state index is 12.2. The van der Waals surface area contributed by atoms with Gasteiger partial charge in [-0.3, -0.25) is 4.79 Å². The summed E-state index contributed by atoms with van der Waals surface area (Å²) in [6, 6.07) is 2.69. The van der Waals surface area contributed by atoms with E-state index in [2.05, 4.69) is 40.4 Å². The lowest BCUT2D eigenvalue weighted by molar-refractivity contribution is 0.0989. The predicted molar refractivity (Wildman–Crippen MR) is 74.1 cm³/mol. The minimum atomic E-state index is -0.0437. The number of halogens is 1. The predicted octanol–water partition coefficient (Wildman–Crippen LogP) is 4.19. The first-order valence-corrected chi connectivity index (χ1v) is 7.34. The van der Waals surface area contributed by atoms with Gasteiger partial charge in [0.2, 0.25) is 0 Å². The van der Waals surface area contributed by atoms with Crippen LogP contribution in [0.4, 0.5) is 0 Å². The normalized spacial score (nSPS) is 17.9. The van der Waals surface area contributed by atoms with Crippen LogP contribution in [0.25, 0.3) is 0 Å². The lowest BCUT2D eigenvalue weighted by Gasteiger charge is -2.30. The fourth-order valence-corrected chi connectivity index (χ4v) is 2.83. The third kappa shape index (κ3) is 2.22. The van der Waals surface area contributed by atoms with E-state index in [-0.39, 0.29) is 10.6 Å². The minimum Gasteiger partial charge on any atom is -0.345 e. The standard InChI is InChI=1S/C14H20BrNO/c1-4-13(15)14(17)12-8-9(2)16(10(12)3)11-6-5-7-11/h8,11,13H,4-7H2,1-3H3. The number of aryl methyl sites for hydroxylation is 1. The Kier molecular flexibility index (Phi) is 3.76. The lowest BCUT2D eigenvalue weighted by Crippen LogP contribution is -2.20. The third-order valence-corrected chi connectivity index (χ3v) is 4.90. The summed E-state index contributed by atoms with van der Waals surface area (Å²) in [5, 5.41) is 0. The number of hydrogen-bond donors (Lipinski definition) is 0. The molecule has 0 saturated heterocycles. The summed E-state index contributed by atoms with van der Waals surface area (Å²) in [5.41, 5.74) is 3.28. The number of nitrogens with zero attached hydrogens (tertiary/aromatic N) is 1. The van der Waals surface area contributed by atoms with E-state index in [9.17, 15) is 4.79 Å². The molecule has 1 fully saturated rings. The lowest BCUT2D eigenvalue weighted by atomic mass is 9.92. The third-order valence-electron chi connectivity index (χ3n) is 3.83. The van der Waals surface area contributed by atoms with Gasteiger partial charge in [-0.05, 0) is 45.6 Å². The molecule has 0 radical (unpaired) electrons. The van der Waals surface area contributed by atoms with Gasteiger partial charge in [-0.1, -0.05) is 22.9 Å². The van der Waals surface area contributed by atoms with E-state index in [1.807, 2.05) is 6.92 Å². The van der Waals surface area contributed by atoms with Gasteiger partial charge < -0.3 is 4.57 Å². The molecule has 2 rings (SSSR count). The Bertz CT molecular complexity index is 432. The maximum atomic E-state index is 12.2. The van der Waals surface area contributed by atoms with Crippen LogP contribution in [-0.4, -0.2) is 15.2 Å². The summed E-state index contributed by atoms with van der Waals surface area (Å²) in [4.78, 5) is 12.2. The van der Waals surface area contributed by atoms with E-state index in [1.165, 1.54) is 25.0 Å². The summed E-state index contributed by atoms with van der Waals surface area (Å²) in [6.07, 6.45) is 4.68. The summed E-state index contributed by atoms with van der Waals surface area (Å²) >= 11 is 3.46. The SMILES string of the molecule is CCC(Br)C(=O)c1cc(C)n(C2CCC2)c1C. The van der Waals surface area contributed by atoms with Crippen molar-refractivity contribution >= 4 is 21.7 Å². The number of alkyl halides is 1. The van der Waals surface area contributed by atoms with Crippen LogP contribution in [0.3, 0.4) is 0 Å². The van der Waals surface area contributed by atoms with Crippen molar-refractivity contribution < 1.29 is 4.79 Å². The molecule has 0 bridgehead atoms. The molecular formula is C14H20BrNO. The van der Waals surface area contributed by atoms with Gasteiger partial charge in [0.05, 0.1) is 4.83 Å². The van der Waals surface area contributed by atoms with Crippen molar-refractivity contribution in [1.82, 2.24) is 4.57 Å². The number of aromatic nitrogens is 1. The molecule has 1 aliphatic rings. The first-order valence-electron chi connectivity index (χ1n) is 6.43. The number of hydrogen-bond acceptors (Lipinski definition) is 1. The second-order valence-corrected chi connectivity index (χ2v) is 6.08. The maximum Gasteiger partial charge on any atom is 0.178 e. The average molecular weight is 298 g/mol. The van der Waals surface area contributed by atoms with Gasteiger partial charge in [0.15, 0.2) is 5.78 Å². The second kappa shape index (κ2) is 4.97. The molecular weight excluding hydrogens is 278 g/mol. The first-order chi connectivity index (χ1) is 8.06. The van der Waals surface area contributed by atoms with Crippen LogP contribution < -0.4 is 0 Å². The molecule has 1 unspecified atom stereocenters. The van der Waals surface area contributed by atoms with Gasteiger partial charge in [-0.25, -0.2) is 0 Å². The largest absolute Gasteiger partial charge is 0.345 e. The Morgan fingerprint density at radius 2 is 2.18 bits per heavy atom. The fourth-order valence-electron chi connectivity index (χ4n) is 2.59. The van der Waals surface area contributed by atoms with E-state index in [1.54, 1.807) is 0 Å². The van der Waals surface area contributed by atoms with Gasteiger partial charge in [-0.15, -0.1) is 0 Å². The van der Waals surface area contributed by atoms with Crippen LogP contribution in [0, 0.1) is 13.8 Å². The minimum absolute atomic E-state index is 0.0437. The second-order valence-electron chi connectivity index (χ2n) is 4.98. The monoisotopic (exact) mass is 297 g/mol. The van der Waals surface area contributed by atoms with Crippen molar-refractivity contribution in [2.75, 3.05) is 0 Å². The average Bonchev–Trinajstić information content (AvgIpc) is 2.53. The molecule has 1 saturated carbocycles. The summed E-state index contributed by atoms with van der Waals surface area (Å²) in [5.74, 6) is 0.228. The fraction of sp³-hybridized carbons (Fsp3) is 0.643. The number of carbonyl (C=O) groups is 1. The molecule has 1 atom stereocenters. The molecule has 1 aromatic heterocycles. The summed E-state index contributed by atoms with van der Waals surface area (Å²) in [7, 11) is 0. The number of rotatable bonds is 4. The molecule has 0 spiro atoms. The highest BCUT2D eigenvalue weighted by atomic mass is 79.9. The van der Waals surface area contributed by atoms with Crippen LogP contribution in [0.5, 0.6) is 0 Å². The number of Topliss-reactive ketones (excluding diaryl/α,β-unsaturated/α-hetero) is 1. The van der Waals surface area contributed by atoms with Gasteiger partial charge in [0.1, 0.15) is 0 Å². The van der Waals surface area contributed by atoms with Crippen LogP contribution >= 0.6 is 15.9 Å². The molecule has 1 aromatic rings. The van der Waals surface area contributed by atoms with Crippen LogP contribution in [-0.2, 0) is 0 Å². The van der Waals surface area contributed by atoms with Gasteiger partial charge in [0.25, 0.3) is 0 Å². The van der Waals surface area contributed by atoms with E-state index in [0.717, 1.165) is 17.7 Å². The molecule has 0 aromatic carbocycles. The Morgan fingerprint density at radius 1 is 1.53 bits per heavy atom. The van der Waals surface area contributed by atoms with Crippen molar-refractivity contribution in [3.8, 4) is 0 Å². The summed E-state index contributed by atoms with van der Waals surface area (Å²) < 4.78 is 2.35. The first kappa shape index (κ1) is 12.9. The van der Waals surface area contributed by atoms with Gasteiger partial charge in [0, 0.05) is 23.0 Å². The highest BCUT2D eigenvalue weighted by Gasteiger charge is 2.26. The smallest absolute Gasteiger partial charge is 0.178 e. The highest BCUT2D eigenvalue weighted by molar-refractivity contribution is 9.10.